The van der Waals surface area contributed by atoms with Gasteiger partial charge in [0.05, 0.1) is 12.6 Å². The maximum Gasteiger partial charge on any atom is 0.387 e. The lowest BCUT2D eigenvalue weighted by Crippen LogP contribution is -2.37. The molecule has 1 fully saturated rings. The number of hydrogen-bond acceptors (Lipinski definition) is 3. The van der Waals surface area contributed by atoms with Crippen LogP contribution in [0.15, 0.2) is 18.2 Å². The molecule has 0 spiro atoms. The fraction of sp³-hybridized carbons (Fsp3) is 0.533. The minimum absolute atomic E-state index is 0.140. The number of rotatable bonds is 6. The minimum atomic E-state index is -3.07. The summed E-state index contributed by atoms with van der Waals surface area (Å²) in [4.78, 5) is 11.7. The third-order valence-electron chi connectivity index (χ3n) is 3.78. The molecule has 8 heteroatoms. The molecule has 1 aliphatic rings. The number of carbonyl (C=O) groups excluding carboxylic acids is 1. The van der Waals surface area contributed by atoms with Crippen molar-refractivity contribution in [3.05, 3.63) is 29.6 Å². The van der Waals surface area contributed by atoms with Crippen molar-refractivity contribution in [2.45, 2.75) is 38.5 Å². The van der Waals surface area contributed by atoms with Crippen molar-refractivity contribution < 1.29 is 27.8 Å². The zero-order valence-corrected chi connectivity index (χ0v) is 12.4. The molecule has 23 heavy (non-hydrogen) atoms. The van der Waals surface area contributed by atoms with Gasteiger partial charge in [0.25, 0.3) is 0 Å². The number of aliphatic hydroxyl groups excluding tert-OH is 1. The second-order valence-corrected chi connectivity index (χ2v) is 5.49. The van der Waals surface area contributed by atoms with Gasteiger partial charge in [-0.1, -0.05) is 6.07 Å². The van der Waals surface area contributed by atoms with E-state index in [0.717, 1.165) is 18.9 Å². The molecule has 0 aromatic heterocycles. The lowest BCUT2D eigenvalue weighted by molar-refractivity contribution is -0.0506. The number of hydrogen-bond donors (Lipinski definition) is 3. The Morgan fingerprint density at radius 2 is 2.13 bits per heavy atom. The van der Waals surface area contributed by atoms with Crippen LogP contribution < -0.4 is 15.4 Å². The first kappa shape index (κ1) is 17.4. The minimum Gasteiger partial charge on any atom is -0.434 e. The molecule has 1 aromatic carbocycles. The van der Waals surface area contributed by atoms with Crippen molar-refractivity contribution in [1.29, 1.82) is 0 Å². The van der Waals surface area contributed by atoms with Crippen molar-refractivity contribution in [1.82, 2.24) is 10.6 Å². The van der Waals surface area contributed by atoms with E-state index in [-0.39, 0.29) is 29.9 Å². The number of nitrogens with one attached hydrogen (secondary N) is 2. The molecule has 0 aliphatic heterocycles. The molecule has 2 atom stereocenters. The Hall–Kier alpha value is -1.96. The molecule has 0 radical (unpaired) electrons. The second kappa shape index (κ2) is 8.05. The van der Waals surface area contributed by atoms with Gasteiger partial charge in [-0.15, -0.1) is 0 Å². The van der Waals surface area contributed by atoms with E-state index in [0.29, 0.717) is 13.0 Å². The lowest BCUT2D eigenvalue weighted by Gasteiger charge is -2.14. The number of aliphatic hydroxyl groups is 1. The van der Waals surface area contributed by atoms with E-state index in [1.807, 2.05) is 0 Å². The molecule has 1 aliphatic carbocycles. The van der Waals surface area contributed by atoms with Gasteiger partial charge in [-0.25, -0.2) is 9.18 Å². The standard InChI is InChI=1S/C15H19F3N2O3/c16-12-2-1-3-13(23-14(17)18)11(12)8-20-15(22)19-7-9-4-5-10(21)6-9/h1-3,9-10,14,21H,4-8H2,(H2,19,20,22)/t9-,10+/m1/s1. The number of carbonyl (C=O) groups is 1. The van der Waals surface area contributed by atoms with Crippen LogP contribution in [0.2, 0.25) is 0 Å². The maximum absolute atomic E-state index is 13.7. The maximum atomic E-state index is 13.7. The van der Waals surface area contributed by atoms with Crippen LogP contribution in [0.3, 0.4) is 0 Å². The largest absolute Gasteiger partial charge is 0.434 e. The van der Waals surface area contributed by atoms with Gasteiger partial charge in [0.15, 0.2) is 0 Å². The molecule has 5 nitrogen and oxygen atoms in total. The summed E-state index contributed by atoms with van der Waals surface area (Å²) in [6.45, 7) is -2.94. The highest BCUT2D eigenvalue weighted by atomic mass is 19.3. The number of alkyl halides is 2. The van der Waals surface area contributed by atoms with Gasteiger partial charge in [-0.3, -0.25) is 0 Å². The van der Waals surface area contributed by atoms with Crippen LogP contribution in [0.4, 0.5) is 18.0 Å². The molecule has 128 valence electrons. The predicted octanol–water partition coefficient (Wildman–Crippen LogP) is 2.39. The van der Waals surface area contributed by atoms with Crippen LogP contribution in [0.5, 0.6) is 5.75 Å². The Balaban J connectivity index is 1.84. The molecular weight excluding hydrogens is 313 g/mol. The monoisotopic (exact) mass is 332 g/mol. The van der Waals surface area contributed by atoms with Crippen LogP contribution in [-0.2, 0) is 6.54 Å². The number of urea groups is 1. The van der Waals surface area contributed by atoms with Gasteiger partial charge < -0.3 is 20.5 Å². The van der Waals surface area contributed by atoms with Gasteiger partial charge in [-0.05, 0) is 37.3 Å². The molecule has 2 amide bonds. The Kier molecular flexibility index (Phi) is 6.09. The van der Waals surface area contributed by atoms with Crippen molar-refractivity contribution in [3.8, 4) is 5.75 Å². The molecular formula is C15H19F3N2O3. The van der Waals surface area contributed by atoms with Crippen molar-refractivity contribution in [2.75, 3.05) is 6.54 Å². The van der Waals surface area contributed by atoms with E-state index in [4.69, 9.17) is 0 Å². The Morgan fingerprint density at radius 1 is 1.35 bits per heavy atom. The summed E-state index contributed by atoms with van der Waals surface area (Å²) in [6.07, 6.45) is 1.87. The van der Waals surface area contributed by atoms with Crippen molar-refractivity contribution >= 4 is 6.03 Å². The van der Waals surface area contributed by atoms with Crippen LogP contribution in [-0.4, -0.2) is 30.4 Å². The van der Waals surface area contributed by atoms with Crippen LogP contribution >= 0.6 is 0 Å². The van der Waals surface area contributed by atoms with Crippen LogP contribution in [0, 0.1) is 11.7 Å². The van der Waals surface area contributed by atoms with E-state index in [1.165, 1.54) is 12.1 Å². The van der Waals surface area contributed by atoms with Gasteiger partial charge >= 0.3 is 12.6 Å². The molecule has 0 bridgehead atoms. The summed E-state index contributed by atoms with van der Waals surface area (Å²) in [5.74, 6) is -0.830. The highest BCUT2D eigenvalue weighted by molar-refractivity contribution is 5.73. The Morgan fingerprint density at radius 3 is 2.78 bits per heavy atom. The molecule has 2 rings (SSSR count). The van der Waals surface area contributed by atoms with Gasteiger partial charge in [0, 0.05) is 12.1 Å². The number of benzene rings is 1. The molecule has 0 saturated heterocycles. The third-order valence-corrected chi connectivity index (χ3v) is 3.78. The van der Waals surface area contributed by atoms with E-state index < -0.39 is 18.5 Å². The van der Waals surface area contributed by atoms with Crippen molar-refractivity contribution in [2.24, 2.45) is 5.92 Å². The normalized spacial score (nSPS) is 20.6. The summed E-state index contributed by atoms with van der Waals surface area (Å²) in [5.41, 5.74) is -0.140. The lowest BCUT2D eigenvalue weighted by atomic mass is 10.1. The number of halogens is 3. The zero-order chi connectivity index (χ0) is 16.8. The summed E-state index contributed by atoms with van der Waals surface area (Å²) < 4.78 is 42.5. The average molecular weight is 332 g/mol. The number of amides is 2. The van der Waals surface area contributed by atoms with E-state index in [1.54, 1.807) is 0 Å². The van der Waals surface area contributed by atoms with Crippen LogP contribution in [0.25, 0.3) is 0 Å². The highest BCUT2D eigenvalue weighted by Gasteiger charge is 2.23. The van der Waals surface area contributed by atoms with Gasteiger partial charge in [-0.2, -0.15) is 8.78 Å². The molecule has 0 unspecified atom stereocenters. The SMILES string of the molecule is O=C(NCc1c(F)cccc1OC(F)F)NC[C@@H]1CC[C@H](O)C1. The third kappa shape index (κ3) is 5.31. The van der Waals surface area contributed by atoms with Crippen LogP contribution in [0.1, 0.15) is 24.8 Å². The van der Waals surface area contributed by atoms with E-state index in [2.05, 4.69) is 15.4 Å². The molecule has 1 saturated carbocycles. The first-order chi connectivity index (χ1) is 11.0. The first-order valence-electron chi connectivity index (χ1n) is 7.37. The fourth-order valence-corrected chi connectivity index (χ4v) is 2.62. The predicted molar refractivity (Wildman–Crippen MR) is 76.6 cm³/mol. The topological polar surface area (TPSA) is 70.6 Å². The Bertz CT molecular complexity index is 543. The smallest absolute Gasteiger partial charge is 0.387 e. The highest BCUT2D eigenvalue weighted by Crippen LogP contribution is 2.25. The zero-order valence-electron chi connectivity index (χ0n) is 12.4. The Labute approximate surface area is 131 Å². The second-order valence-electron chi connectivity index (χ2n) is 5.49. The van der Waals surface area contributed by atoms with Gasteiger partial charge in [0.2, 0.25) is 0 Å². The summed E-state index contributed by atoms with van der Waals surface area (Å²) >= 11 is 0. The number of ether oxygens (including phenoxy) is 1. The quantitative estimate of drug-likeness (QED) is 0.749. The van der Waals surface area contributed by atoms with E-state index >= 15 is 0 Å². The molecule has 3 N–H and O–H groups in total. The summed E-state index contributed by atoms with van der Waals surface area (Å²) in [5, 5.41) is 14.4. The average Bonchev–Trinajstić information content (AvgIpc) is 2.89. The summed E-state index contributed by atoms with van der Waals surface area (Å²) in [7, 11) is 0. The molecule has 0 heterocycles. The molecule has 1 aromatic rings. The van der Waals surface area contributed by atoms with E-state index in [9.17, 15) is 23.1 Å². The van der Waals surface area contributed by atoms with Crippen molar-refractivity contribution in [3.63, 3.8) is 0 Å². The summed E-state index contributed by atoms with van der Waals surface area (Å²) in [6, 6.07) is 3.04. The first-order valence-corrected chi connectivity index (χ1v) is 7.37. The fourth-order valence-electron chi connectivity index (χ4n) is 2.62. The van der Waals surface area contributed by atoms with Gasteiger partial charge in [0.1, 0.15) is 11.6 Å².